The van der Waals surface area contributed by atoms with Crippen LogP contribution in [0.15, 0.2) is 60.8 Å². The molecule has 0 unspecified atom stereocenters. The number of carbonyl (C=O) groups excluding carboxylic acids is 9. The number of fused-ring (bicyclic) bond motifs is 1. The molecule has 13 N–H and O–H groups in total. The molecule has 0 spiro atoms. The van der Waals surface area contributed by atoms with Gasteiger partial charge >= 0.3 is 5.97 Å². The SMILES string of the molecule is CC(C)[C@H](NC(=O)CN)C(=O)N[C@@H](CC(N)=O)C(=O)N1CCC[C@H]1C(=O)N[C@@H](CS)C(=O)NCC(=O)NCC(=O)N[C@@H](Cc1c[nH]c2ccccc12)C(=O)N[C@@H](Cc1ccccc1)C(=O)O. The average molecular weight is 936 g/mol. The van der Waals surface area contributed by atoms with Gasteiger partial charge in [-0.1, -0.05) is 62.4 Å². The Balaban J connectivity index is 1.33. The topological polar surface area (TPSA) is 346 Å². The van der Waals surface area contributed by atoms with Crippen LogP contribution in [0, 0.1) is 5.92 Å². The number of carbonyl (C=O) groups is 10. The highest BCUT2D eigenvalue weighted by atomic mass is 32.1. The van der Waals surface area contributed by atoms with Crippen molar-refractivity contribution in [2.24, 2.45) is 17.4 Å². The van der Waals surface area contributed by atoms with Crippen molar-refractivity contribution in [1.82, 2.24) is 47.1 Å². The summed E-state index contributed by atoms with van der Waals surface area (Å²) in [5.74, 6) is -9.03. The van der Waals surface area contributed by atoms with Gasteiger partial charge < -0.3 is 63.7 Å². The van der Waals surface area contributed by atoms with Crippen LogP contribution in [0.3, 0.4) is 0 Å². The number of H-pyrrole nitrogens is 1. The number of likely N-dealkylation sites (tertiary alicyclic amines) is 1. The fourth-order valence-corrected chi connectivity index (χ4v) is 7.48. The van der Waals surface area contributed by atoms with E-state index in [1.165, 1.54) is 0 Å². The number of thiol groups is 1. The molecule has 0 aliphatic carbocycles. The van der Waals surface area contributed by atoms with Crippen LogP contribution in [0.4, 0.5) is 0 Å². The van der Waals surface area contributed by atoms with Crippen LogP contribution >= 0.6 is 12.6 Å². The zero-order chi connectivity index (χ0) is 48.5. The summed E-state index contributed by atoms with van der Waals surface area (Å²) in [6.07, 6.45) is 1.53. The zero-order valence-corrected chi connectivity index (χ0v) is 37.4. The van der Waals surface area contributed by atoms with Crippen molar-refractivity contribution in [2.75, 3.05) is 31.9 Å². The number of aromatic nitrogens is 1. The summed E-state index contributed by atoms with van der Waals surface area (Å²) in [6, 6.07) is 8.35. The standard InChI is InChI=1S/C43H57N11O11S/c1-23(2)37(53-34(56)18-44)41(62)50-29(17-33(45)55)42(63)54-14-8-13-32(54)40(61)52-31(22-66)38(59)48-20-35(57)47-21-36(58)49-28(16-25-19-46-27-12-7-6-11-26(25)27)39(60)51-30(43(64)65)15-24-9-4-3-5-10-24/h3-7,9-12,19,23,28-32,37,46,66H,8,13-18,20-22,44H2,1-2H3,(H2,45,55)(H,47,57)(H,48,59)(H,49,58)(H,50,62)(H,51,60)(H,52,61)(H,53,56)(H,64,65)/t28-,29-,30-,31-,32-,37-/m0/s1. The van der Waals surface area contributed by atoms with Crippen molar-refractivity contribution < 1.29 is 53.1 Å². The van der Waals surface area contributed by atoms with Crippen molar-refractivity contribution in [3.05, 3.63) is 71.9 Å². The van der Waals surface area contributed by atoms with Gasteiger partial charge in [0.15, 0.2) is 0 Å². The molecule has 3 aromatic rings. The van der Waals surface area contributed by atoms with E-state index >= 15 is 0 Å². The van der Waals surface area contributed by atoms with Crippen molar-refractivity contribution in [3.63, 3.8) is 0 Å². The van der Waals surface area contributed by atoms with Gasteiger partial charge in [0, 0.05) is 42.2 Å². The van der Waals surface area contributed by atoms with Gasteiger partial charge in [0.25, 0.3) is 0 Å². The number of para-hydroxylation sites is 1. The maximum absolute atomic E-state index is 13.7. The van der Waals surface area contributed by atoms with Gasteiger partial charge in [-0.15, -0.1) is 0 Å². The van der Waals surface area contributed by atoms with E-state index < -0.39 is 127 Å². The van der Waals surface area contributed by atoms with Crippen LogP contribution in [-0.2, 0) is 60.8 Å². The summed E-state index contributed by atoms with van der Waals surface area (Å²) in [7, 11) is 0. The van der Waals surface area contributed by atoms with Crippen molar-refractivity contribution in [2.45, 2.75) is 82.2 Å². The number of carboxylic acid groups (broad SMARTS) is 1. The lowest BCUT2D eigenvalue weighted by molar-refractivity contribution is -0.143. The second-order valence-electron chi connectivity index (χ2n) is 15.9. The Kier molecular flexibility index (Phi) is 19.5. The van der Waals surface area contributed by atoms with Gasteiger partial charge in [-0.05, 0) is 36.0 Å². The predicted octanol–water partition coefficient (Wildman–Crippen LogP) is -2.90. The highest BCUT2D eigenvalue weighted by Crippen LogP contribution is 2.21. The first-order valence-electron chi connectivity index (χ1n) is 21.2. The van der Waals surface area contributed by atoms with E-state index in [1.54, 1.807) is 56.4 Å². The smallest absolute Gasteiger partial charge is 0.326 e. The summed E-state index contributed by atoms with van der Waals surface area (Å²) < 4.78 is 0. The number of primary amides is 1. The third-order valence-corrected chi connectivity index (χ3v) is 11.0. The summed E-state index contributed by atoms with van der Waals surface area (Å²) in [5.41, 5.74) is 12.9. The molecule has 2 aromatic carbocycles. The molecular weight excluding hydrogens is 879 g/mol. The number of nitrogens with two attached hydrogens (primary N) is 2. The first-order valence-corrected chi connectivity index (χ1v) is 21.8. The van der Waals surface area contributed by atoms with Gasteiger partial charge in [0.05, 0.1) is 26.1 Å². The number of aliphatic carboxylic acids is 1. The molecule has 2 heterocycles. The second kappa shape index (κ2) is 24.9. The molecule has 1 aliphatic rings. The van der Waals surface area contributed by atoms with Gasteiger partial charge in [0.2, 0.25) is 53.2 Å². The van der Waals surface area contributed by atoms with E-state index in [2.05, 4.69) is 54.8 Å². The molecular formula is C43H57N11O11S. The Hall–Kier alpha value is -7.01. The Morgan fingerprint density at radius 2 is 1.42 bits per heavy atom. The van der Waals surface area contributed by atoms with E-state index in [4.69, 9.17) is 11.5 Å². The van der Waals surface area contributed by atoms with E-state index in [-0.39, 0.29) is 31.6 Å². The summed E-state index contributed by atoms with van der Waals surface area (Å²) >= 11 is 4.16. The third kappa shape index (κ3) is 15.0. The third-order valence-electron chi connectivity index (χ3n) is 10.6. The minimum atomic E-state index is -1.49. The van der Waals surface area contributed by atoms with Crippen LogP contribution in [0.2, 0.25) is 0 Å². The molecule has 0 radical (unpaired) electrons. The Labute approximate surface area is 385 Å². The largest absolute Gasteiger partial charge is 0.480 e. The van der Waals surface area contributed by atoms with Gasteiger partial charge in [-0.3, -0.25) is 43.2 Å². The van der Waals surface area contributed by atoms with Crippen molar-refractivity contribution in [1.29, 1.82) is 0 Å². The van der Waals surface area contributed by atoms with Crippen LogP contribution < -0.4 is 48.7 Å². The maximum atomic E-state index is 13.7. The number of carboxylic acids is 1. The normalized spacial score (nSPS) is 15.6. The minimum Gasteiger partial charge on any atom is -0.480 e. The highest BCUT2D eigenvalue weighted by Gasteiger charge is 2.40. The molecule has 9 amide bonds. The molecule has 356 valence electrons. The lowest BCUT2D eigenvalue weighted by Crippen LogP contribution is -2.59. The van der Waals surface area contributed by atoms with Crippen LogP contribution in [0.1, 0.15) is 44.2 Å². The van der Waals surface area contributed by atoms with Gasteiger partial charge in [-0.25, -0.2) is 4.79 Å². The van der Waals surface area contributed by atoms with E-state index in [0.717, 1.165) is 15.8 Å². The molecule has 4 rings (SSSR count). The molecule has 0 bridgehead atoms. The molecule has 1 fully saturated rings. The maximum Gasteiger partial charge on any atom is 0.326 e. The predicted molar refractivity (Wildman–Crippen MR) is 242 cm³/mol. The molecule has 22 nitrogen and oxygen atoms in total. The fourth-order valence-electron chi connectivity index (χ4n) is 7.22. The number of rotatable bonds is 24. The van der Waals surface area contributed by atoms with Crippen molar-refractivity contribution >= 4 is 82.7 Å². The lowest BCUT2D eigenvalue weighted by Gasteiger charge is -2.30. The monoisotopic (exact) mass is 935 g/mol. The summed E-state index contributed by atoms with van der Waals surface area (Å²) in [4.78, 5) is 133. The molecule has 1 aliphatic heterocycles. The van der Waals surface area contributed by atoms with E-state index in [9.17, 15) is 53.1 Å². The number of benzene rings is 2. The summed E-state index contributed by atoms with van der Waals surface area (Å²) in [6.45, 7) is 1.70. The second-order valence-corrected chi connectivity index (χ2v) is 16.3. The molecule has 0 saturated carbocycles. The number of aromatic amines is 1. The number of hydrogen-bond donors (Lipinski definition) is 12. The van der Waals surface area contributed by atoms with E-state index in [1.807, 2.05) is 18.2 Å². The molecule has 66 heavy (non-hydrogen) atoms. The van der Waals surface area contributed by atoms with Crippen LogP contribution in [0.25, 0.3) is 10.9 Å². The lowest BCUT2D eigenvalue weighted by atomic mass is 10.0. The van der Waals surface area contributed by atoms with Crippen molar-refractivity contribution in [3.8, 4) is 0 Å². The molecule has 6 atom stereocenters. The highest BCUT2D eigenvalue weighted by molar-refractivity contribution is 7.80. The minimum absolute atomic E-state index is 0.0209. The number of nitrogens with zero attached hydrogens (tertiary/aromatic N) is 1. The van der Waals surface area contributed by atoms with Gasteiger partial charge in [0.1, 0.15) is 36.3 Å². The molecule has 23 heteroatoms. The molecule has 1 aromatic heterocycles. The van der Waals surface area contributed by atoms with E-state index in [0.29, 0.717) is 17.5 Å². The Bertz CT molecular complexity index is 2260. The fraction of sp³-hybridized carbons (Fsp3) is 0.442. The van der Waals surface area contributed by atoms with Crippen LogP contribution in [-0.4, -0.2) is 142 Å². The Morgan fingerprint density at radius 3 is 2.08 bits per heavy atom. The summed E-state index contributed by atoms with van der Waals surface area (Å²) in [5, 5.41) is 27.9. The number of amides is 9. The number of nitrogens with one attached hydrogen (secondary N) is 8. The van der Waals surface area contributed by atoms with Crippen LogP contribution in [0.5, 0.6) is 0 Å². The molecule has 1 saturated heterocycles. The van der Waals surface area contributed by atoms with Gasteiger partial charge in [-0.2, -0.15) is 12.6 Å². The average Bonchev–Trinajstić information content (AvgIpc) is 3.95. The first kappa shape index (κ1) is 51.6. The first-order chi connectivity index (χ1) is 31.4. The quantitative estimate of drug-likeness (QED) is 0.0403. The zero-order valence-electron chi connectivity index (χ0n) is 36.5. The Morgan fingerprint density at radius 1 is 0.758 bits per heavy atom. The number of hydrogen-bond acceptors (Lipinski definition) is 12.